The average Bonchev–Trinajstić information content (AvgIpc) is 2.57. The Labute approximate surface area is 147 Å². The van der Waals surface area contributed by atoms with Gasteiger partial charge in [-0.3, -0.25) is 9.59 Å². The number of anilines is 1. The fourth-order valence-corrected chi connectivity index (χ4v) is 3.06. The van der Waals surface area contributed by atoms with E-state index in [1.54, 1.807) is 12.1 Å². The van der Waals surface area contributed by atoms with E-state index in [0.717, 1.165) is 28.9 Å². The van der Waals surface area contributed by atoms with Crippen LogP contribution < -0.4 is 15.4 Å². The first-order valence-electron chi connectivity index (χ1n) is 8.37. The van der Waals surface area contributed by atoms with Crippen molar-refractivity contribution in [3.8, 4) is 5.75 Å². The predicted molar refractivity (Wildman–Crippen MR) is 97.0 cm³/mol. The molecule has 1 aliphatic heterocycles. The number of fused-ring (bicyclic) bond motifs is 1. The molecule has 2 amide bonds. The standard InChI is InChI=1S/C20H22N2O3/c1-12-7-8-15(11-18(12)21-14(3)23)20(24)22-17-9-10-25-19-13(2)5-4-6-16(17)19/h4-8,11,17H,9-10H2,1-3H3,(H,21,23)(H,22,24)/t17-/m0/s1. The van der Waals surface area contributed by atoms with Crippen molar-refractivity contribution in [3.63, 3.8) is 0 Å². The topological polar surface area (TPSA) is 67.4 Å². The molecule has 0 aromatic heterocycles. The van der Waals surface area contributed by atoms with Crippen LogP contribution in [0, 0.1) is 13.8 Å². The molecule has 2 aromatic rings. The largest absolute Gasteiger partial charge is 0.493 e. The van der Waals surface area contributed by atoms with Crippen molar-refractivity contribution in [2.24, 2.45) is 0 Å². The van der Waals surface area contributed by atoms with Gasteiger partial charge in [0.1, 0.15) is 5.75 Å². The number of rotatable bonds is 3. The van der Waals surface area contributed by atoms with E-state index in [1.165, 1.54) is 6.92 Å². The second-order valence-corrected chi connectivity index (χ2v) is 6.37. The highest BCUT2D eigenvalue weighted by Crippen LogP contribution is 2.34. The van der Waals surface area contributed by atoms with Crippen molar-refractivity contribution in [3.05, 3.63) is 58.7 Å². The maximum Gasteiger partial charge on any atom is 0.251 e. The fourth-order valence-electron chi connectivity index (χ4n) is 3.06. The number of hydrogen-bond donors (Lipinski definition) is 2. The Morgan fingerprint density at radius 1 is 1.12 bits per heavy atom. The molecule has 0 fully saturated rings. The number of carbonyl (C=O) groups is 2. The van der Waals surface area contributed by atoms with Crippen molar-refractivity contribution < 1.29 is 14.3 Å². The van der Waals surface area contributed by atoms with Gasteiger partial charge in [-0.25, -0.2) is 0 Å². The van der Waals surface area contributed by atoms with E-state index in [4.69, 9.17) is 4.74 Å². The lowest BCUT2D eigenvalue weighted by Crippen LogP contribution is -2.32. The second kappa shape index (κ2) is 6.97. The minimum atomic E-state index is -0.161. The minimum absolute atomic E-state index is 0.0818. The third kappa shape index (κ3) is 3.65. The van der Waals surface area contributed by atoms with Crippen LogP contribution >= 0.6 is 0 Å². The summed E-state index contributed by atoms with van der Waals surface area (Å²) >= 11 is 0. The third-order valence-electron chi connectivity index (χ3n) is 4.39. The zero-order valence-corrected chi connectivity index (χ0v) is 14.7. The summed E-state index contributed by atoms with van der Waals surface area (Å²) in [6.45, 7) is 5.93. The molecule has 5 heteroatoms. The maximum absolute atomic E-state index is 12.7. The van der Waals surface area contributed by atoms with Gasteiger partial charge < -0.3 is 15.4 Å². The molecule has 5 nitrogen and oxygen atoms in total. The molecule has 0 aliphatic carbocycles. The van der Waals surface area contributed by atoms with Crippen LogP contribution in [0.4, 0.5) is 5.69 Å². The molecule has 0 radical (unpaired) electrons. The zero-order valence-electron chi connectivity index (χ0n) is 14.7. The van der Waals surface area contributed by atoms with Gasteiger partial charge in [0.05, 0.1) is 12.6 Å². The predicted octanol–water partition coefficient (Wildman–Crippen LogP) is 3.52. The van der Waals surface area contributed by atoms with E-state index in [2.05, 4.69) is 10.6 Å². The molecule has 2 aromatic carbocycles. The molecule has 0 unspecified atom stereocenters. The molecule has 2 N–H and O–H groups in total. The van der Waals surface area contributed by atoms with E-state index in [0.29, 0.717) is 17.9 Å². The molecular formula is C20H22N2O3. The monoisotopic (exact) mass is 338 g/mol. The normalized spacial score (nSPS) is 15.7. The Morgan fingerprint density at radius 3 is 2.68 bits per heavy atom. The summed E-state index contributed by atoms with van der Waals surface area (Å²) in [6.07, 6.45) is 0.729. The van der Waals surface area contributed by atoms with Crippen molar-refractivity contribution >= 4 is 17.5 Å². The summed E-state index contributed by atoms with van der Waals surface area (Å²) in [6, 6.07) is 11.2. The lowest BCUT2D eigenvalue weighted by molar-refractivity contribution is -0.114. The number of amides is 2. The SMILES string of the molecule is CC(=O)Nc1cc(C(=O)N[C@H]2CCOc3c(C)cccc32)ccc1C. The van der Waals surface area contributed by atoms with E-state index >= 15 is 0 Å². The molecule has 1 atom stereocenters. The van der Waals surface area contributed by atoms with Gasteiger partial charge in [0, 0.05) is 30.2 Å². The Kier molecular flexibility index (Phi) is 4.74. The second-order valence-electron chi connectivity index (χ2n) is 6.37. The third-order valence-corrected chi connectivity index (χ3v) is 4.39. The maximum atomic E-state index is 12.7. The lowest BCUT2D eigenvalue weighted by atomic mass is 9.97. The number of nitrogens with one attached hydrogen (secondary N) is 2. The smallest absolute Gasteiger partial charge is 0.251 e. The van der Waals surface area contributed by atoms with Crippen LogP contribution in [-0.2, 0) is 4.79 Å². The summed E-state index contributed by atoms with van der Waals surface area (Å²) in [5.41, 5.74) is 4.17. The summed E-state index contributed by atoms with van der Waals surface area (Å²) in [4.78, 5) is 24.0. The molecule has 130 valence electrons. The number of aryl methyl sites for hydroxylation is 2. The van der Waals surface area contributed by atoms with Gasteiger partial charge in [0.25, 0.3) is 5.91 Å². The average molecular weight is 338 g/mol. The molecule has 1 aliphatic rings. The van der Waals surface area contributed by atoms with Crippen LogP contribution in [0.3, 0.4) is 0 Å². The van der Waals surface area contributed by atoms with E-state index in [-0.39, 0.29) is 17.9 Å². The fraction of sp³-hybridized carbons (Fsp3) is 0.300. The first kappa shape index (κ1) is 17.0. The van der Waals surface area contributed by atoms with Crippen LogP contribution in [-0.4, -0.2) is 18.4 Å². The van der Waals surface area contributed by atoms with Crippen LogP contribution in [0.15, 0.2) is 36.4 Å². The minimum Gasteiger partial charge on any atom is -0.493 e. The molecule has 25 heavy (non-hydrogen) atoms. The number of para-hydroxylation sites is 1. The van der Waals surface area contributed by atoms with Crippen LogP contribution in [0.25, 0.3) is 0 Å². The number of ether oxygens (including phenoxy) is 1. The summed E-state index contributed by atoms with van der Waals surface area (Å²) in [5, 5.41) is 5.84. The number of benzene rings is 2. The summed E-state index contributed by atoms with van der Waals surface area (Å²) in [7, 11) is 0. The quantitative estimate of drug-likeness (QED) is 0.900. The van der Waals surface area contributed by atoms with Crippen LogP contribution in [0.5, 0.6) is 5.75 Å². The Balaban J connectivity index is 1.82. The highest BCUT2D eigenvalue weighted by atomic mass is 16.5. The van der Waals surface area contributed by atoms with Crippen LogP contribution in [0.1, 0.15) is 46.4 Å². The number of hydrogen-bond acceptors (Lipinski definition) is 3. The first-order valence-corrected chi connectivity index (χ1v) is 8.37. The Bertz CT molecular complexity index is 830. The zero-order chi connectivity index (χ0) is 18.0. The van der Waals surface area contributed by atoms with Crippen molar-refractivity contribution in [1.29, 1.82) is 0 Å². The van der Waals surface area contributed by atoms with Gasteiger partial charge in [-0.15, -0.1) is 0 Å². The summed E-state index contributed by atoms with van der Waals surface area (Å²) in [5.74, 6) is 0.544. The van der Waals surface area contributed by atoms with E-state index in [1.807, 2.05) is 38.1 Å². The number of carbonyl (C=O) groups excluding carboxylic acids is 2. The van der Waals surface area contributed by atoms with Gasteiger partial charge >= 0.3 is 0 Å². The molecule has 0 spiro atoms. The molecular weight excluding hydrogens is 316 g/mol. The Hall–Kier alpha value is -2.82. The molecule has 1 heterocycles. The van der Waals surface area contributed by atoms with E-state index in [9.17, 15) is 9.59 Å². The first-order chi connectivity index (χ1) is 12.0. The van der Waals surface area contributed by atoms with Gasteiger partial charge in [0.15, 0.2) is 0 Å². The molecule has 0 saturated heterocycles. The Morgan fingerprint density at radius 2 is 1.92 bits per heavy atom. The highest BCUT2D eigenvalue weighted by molar-refractivity contribution is 5.97. The lowest BCUT2D eigenvalue weighted by Gasteiger charge is -2.28. The van der Waals surface area contributed by atoms with Gasteiger partial charge in [-0.2, -0.15) is 0 Å². The van der Waals surface area contributed by atoms with Gasteiger partial charge in [0.2, 0.25) is 5.91 Å². The van der Waals surface area contributed by atoms with Gasteiger partial charge in [-0.05, 0) is 37.1 Å². The van der Waals surface area contributed by atoms with Crippen molar-refractivity contribution in [2.45, 2.75) is 33.2 Å². The van der Waals surface area contributed by atoms with E-state index < -0.39 is 0 Å². The highest BCUT2D eigenvalue weighted by Gasteiger charge is 2.24. The summed E-state index contributed by atoms with van der Waals surface area (Å²) < 4.78 is 5.75. The van der Waals surface area contributed by atoms with Crippen molar-refractivity contribution in [2.75, 3.05) is 11.9 Å². The van der Waals surface area contributed by atoms with Crippen molar-refractivity contribution in [1.82, 2.24) is 5.32 Å². The molecule has 3 rings (SSSR count). The molecule has 0 bridgehead atoms. The van der Waals surface area contributed by atoms with Gasteiger partial charge in [-0.1, -0.05) is 24.3 Å². The van der Waals surface area contributed by atoms with Crippen LogP contribution in [0.2, 0.25) is 0 Å². The molecule has 0 saturated carbocycles.